The standard InChI is InChI=1S/C13H28N2O2S/c1-4-15(11-13-7-5-8-13)18(16,17)10-6-9-14-12(2)3/h12-14H,4-11H2,1-3H3. The van der Waals surface area contributed by atoms with Crippen molar-refractivity contribution in [3.8, 4) is 0 Å². The highest BCUT2D eigenvalue weighted by Crippen LogP contribution is 2.27. The topological polar surface area (TPSA) is 49.4 Å². The summed E-state index contributed by atoms with van der Waals surface area (Å²) in [7, 11) is -3.05. The lowest BCUT2D eigenvalue weighted by atomic mass is 9.85. The first-order chi connectivity index (χ1) is 8.45. The molecule has 0 bridgehead atoms. The van der Waals surface area contributed by atoms with Gasteiger partial charge in [0.15, 0.2) is 0 Å². The van der Waals surface area contributed by atoms with Gasteiger partial charge in [0.05, 0.1) is 5.75 Å². The Morgan fingerprint density at radius 2 is 2.00 bits per heavy atom. The van der Waals surface area contributed by atoms with Gasteiger partial charge >= 0.3 is 0 Å². The Hall–Kier alpha value is -0.130. The molecule has 1 aliphatic rings. The predicted octanol–water partition coefficient (Wildman–Crippen LogP) is 1.83. The van der Waals surface area contributed by atoms with Gasteiger partial charge in [0.1, 0.15) is 0 Å². The summed E-state index contributed by atoms with van der Waals surface area (Å²) in [6.45, 7) is 8.19. The van der Waals surface area contributed by atoms with Crippen LogP contribution < -0.4 is 5.32 Å². The van der Waals surface area contributed by atoms with E-state index in [9.17, 15) is 8.42 Å². The van der Waals surface area contributed by atoms with E-state index in [-0.39, 0.29) is 5.75 Å². The Balaban J connectivity index is 2.33. The molecule has 0 aromatic heterocycles. The van der Waals surface area contributed by atoms with Gasteiger partial charge in [-0.25, -0.2) is 12.7 Å². The van der Waals surface area contributed by atoms with Crippen molar-refractivity contribution < 1.29 is 8.42 Å². The normalized spacial score (nSPS) is 17.4. The van der Waals surface area contributed by atoms with Crippen LogP contribution in [0.3, 0.4) is 0 Å². The number of rotatable bonds is 9. The van der Waals surface area contributed by atoms with Crippen molar-refractivity contribution in [3.63, 3.8) is 0 Å². The molecule has 0 spiro atoms. The maximum absolute atomic E-state index is 12.2. The van der Waals surface area contributed by atoms with Crippen LogP contribution in [0.25, 0.3) is 0 Å². The third-order valence-corrected chi connectivity index (χ3v) is 5.56. The second kappa shape index (κ2) is 7.46. The minimum atomic E-state index is -3.05. The van der Waals surface area contributed by atoms with E-state index >= 15 is 0 Å². The molecule has 18 heavy (non-hydrogen) atoms. The third-order valence-electron chi connectivity index (χ3n) is 3.56. The molecule has 0 aliphatic heterocycles. The van der Waals surface area contributed by atoms with E-state index in [1.165, 1.54) is 19.3 Å². The molecule has 1 rings (SSSR count). The van der Waals surface area contributed by atoms with Gasteiger partial charge in [0, 0.05) is 19.1 Å². The summed E-state index contributed by atoms with van der Waals surface area (Å²) < 4.78 is 26.0. The molecule has 1 aliphatic carbocycles. The molecule has 1 N–H and O–H groups in total. The Labute approximate surface area is 112 Å². The fourth-order valence-electron chi connectivity index (χ4n) is 2.18. The predicted molar refractivity (Wildman–Crippen MR) is 76.1 cm³/mol. The van der Waals surface area contributed by atoms with Gasteiger partial charge in [0.25, 0.3) is 0 Å². The van der Waals surface area contributed by atoms with E-state index in [0.29, 0.717) is 24.9 Å². The van der Waals surface area contributed by atoms with Crippen molar-refractivity contribution in [1.82, 2.24) is 9.62 Å². The van der Waals surface area contributed by atoms with Crippen molar-refractivity contribution in [1.29, 1.82) is 0 Å². The molecule has 1 fully saturated rings. The summed E-state index contributed by atoms with van der Waals surface area (Å²) in [6.07, 6.45) is 4.35. The lowest BCUT2D eigenvalue weighted by Crippen LogP contribution is -2.39. The van der Waals surface area contributed by atoms with Crippen LogP contribution in [-0.4, -0.2) is 44.2 Å². The molecule has 0 unspecified atom stereocenters. The molecule has 4 nitrogen and oxygen atoms in total. The van der Waals surface area contributed by atoms with Crippen LogP contribution in [0, 0.1) is 5.92 Å². The minimum Gasteiger partial charge on any atom is -0.314 e. The first kappa shape index (κ1) is 15.9. The van der Waals surface area contributed by atoms with Crippen LogP contribution in [-0.2, 0) is 10.0 Å². The summed E-state index contributed by atoms with van der Waals surface area (Å²) in [5, 5.41) is 3.26. The minimum absolute atomic E-state index is 0.271. The van der Waals surface area contributed by atoms with E-state index in [1.807, 2.05) is 6.92 Å². The van der Waals surface area contributed by atoms with Gasteiger partial charge < -0.3 is 5.32 Å². The van der Waals surface area contributed by atoms with Crippen molar-refractivity contribution in [2.24, 2.45) is 5.92 Å². The molecular formula is C13H28N2O2S. The molecule has 0 radical (unpaired) electrons. The SMILES string of the molecule is CCN(CC1CCC1)S(=O)(=O)CCCNC(C)C. The molecular weight excluding hydrogens is 248 g/mol. The van der Waals surface area contributed by atoms with Crippen molar-refractivity contribution in [2.45, 2.75) is 52.5 Å². The van der Waals surface area contributed by atoms with Crippen LogP contribution in [0.5, 0.6) is 0 Å². The smallest absolute Gasteiger partial charge is 0.214 e. The van der Waals surface area contributed by atoms with Crippen LogP contribution in [0.4, 0.5) is 0 Å². The van der Waals surface area contributed by atoms with E-state index < -0.39 is 10.0 Å². The molecule has 0 amide bonds. The summed E-state index contributed by atoms with van der Waals surface area (Å²) in [5.41, 5.74) is 0. The zero-order valence-electron chi connectivity index (χ0n) is 12.0. The fourth-order valence-corrected chi connectivity index (χ4v) is 3.78. The molecule has 0 aromatic rings. The summed E-state index contributed by atoms with van der Waals surface area (Å²) in [4.78, 5) is 0. The highest BCUT2D eigenvalue weighted by Gasteiger charge is 2.26. The molecule has 108 valence electrons. The largest absolute Gasteiger partial charge is 0.314 e. The van der Waals surface area contributed by atoms with Gasteiger partial charge in [-0.15, -0.1) is 0 Å². The number of nitrogens with one attached hydrogen (secondary N) is 1. The molecule has 0 heterocycles. The molecule has 0 atom stereocenters. The van der Waals surface area contributed by atoms with Gasteiger partial charge in [-0.3, -0.25) is 0 Å². The van der Waals surface area contributed by atoms with Crippen molar-refractivity contribution in [2.75, 3.05) is 25.4 Å². The van der Waals surface area contributed by atoms with Crippen molar-refractivity contribution >= 4 is 10.0 Å². The first-order valence-corrected chi connectivity index (χ1v) is 8.77. The Morgan fingerprint density at radius 1 is 1.33 bits per heavy atom. The molecule has 1 saturated carbocycles. The second-order valence-corrected chi connectivity index (χ2v) is 7.61. The number of nitrogens with zero attached hydrogens (tertiary/aromatic N) is 1. The van der Waals surface area contributed by atoms with Crippen LogP contribution >= 0.6 is 0 Å². The lowest BCUT2D eigenvalue weighted by Gasteiger charge is -2.31. The van der Waals surface area contributed by atoms with E-state index in [4.69, 9.17) is 0 Å². The summed E-state index contributed by atoms with van der Waals surface area (Å²) in [6, 6.07) is 0.421. The molecule has 0 aromatic carbocycles. The maximum Gasteiger partial charge on any atom is 0.214 e. The first-order valence-electron chi connectivity index (χ1n) is 7.17. The quantitative estimate of drug-likeness (QED) is 0.654. The zero-order chi connectivity index (χ0) is 13.6. The zero-order valence-corrected chi connectivity index (χ0v) is 12.8. The second-order valence-electron chi connectivity index (χ2n) is 5.53. The molecule has 0 saturated heterocycles. The monoisotopic (exact) mass is 276 g/mol. The van der Waals surface area contributed by atoms with Gasteiger partial charge in [-0.2, -0.15) is 0 Å². The Bertz CT molecular complexity index is 324. The average molecular weight is 276 g/mol. The summed E-state index contributed by atoms with van der Waals surface area (Å²) >= 11 is 0. The Morgan fingerprint density at radius 3 is 2.44 bits per heavy atom. The third kappa shape index (κ3) is 5.24. The fraction of sp³-hybridized carbons (Fsp3) is 1.00. The van der Waals surface area contributed by atoms with Gasteiger partial charge in [0.2, 0.25) is 10.0 Å². The average Bonchev–Trinajstić information content (AvgIpc) is 2.22. The maximum atomic E-state index is 12.2. The highest BCUT2D eigenvalue weighted by molar-refractivity contribution is 7.89. The van der Waals surface area contributed by atoms with Gasteiger partial charge in [-0.1, -0.05) is 27.2 Å². The van der Waals surface area contributed by atoms with E-state index in [0.717, 1.165) is 13.1 Å². The van der Waals surface area contributed by atoms with E-state index in [2.05, 4.69) is 19.2 Å². The summed E-state index contributed by atoms with van der Waals surface area (Å²) in [5.74, 6) is 0.876. The van der Waals surface area contributed by atoms with Crippen LogP contribution in [0.15, 0.2) is 0 Å². The number of hydrogen-bond donors (Lipinski definition) is 1. The number of sulfonamides is 1. The number of hydrogen-bond acceptors (Lipinski definition) is 3. The van der Waals surface area contributed by atoms with Crippen LogP contribution in [0.1, 0.15) is 46.5 Å². The van der Waals surface area contributed by atoms with Gasteiger partial charge in [-0.05, 0) is 31.7 Å². The Kier molecular flexibility index (Phi) is 6.60. The van der Waals surface area contributed by atoms with Crippen LogP contribution in [0.2, 0.25) is 0 Å². The lowest BCUT2D eigenvalue weighted by molar-refractivity contribution is 0.250. The molecule has 5 heteroatoms. The van der Waals surface area contributed by atoms with E-state index in [1.54, 1.807) is 4.31 Å². The van der Waals surface area contributed by atoms with Crippen molar-refractivity contribution in [3.05, 3.63) is 0 Å². The highest BCUT2D eigenvalue weighted by atomic mass is 32.2.